The normalized spacial score (nSPS) is 16.5. The molecule has 1 aliphatic heterocycles. The Morgan fingerprint density at radius 3 is 1.88 bits per heavy atom. The SMILES string of the molecule is CSc1ccc(CN2CCN(Cc3ccc(F)c(F)c3)CC2)cc1. The average Bonchev–Trinajstić information content (AvgIpc) is 2.61. The lowest BCUT2D eigenvalue weighted by Gasteiger charge is -2.34. The third-order valence-electron chi connectivity index (χ3n) is 4.42. The van der Waals surface area contributed by atoms with Crippen molar-refractivity contribution >= 4 is 11.8 Å². The molecule has 3 rings (SSSR count). The molecule has 0 unspecified atom stereocenters. The van der Waals surface area contributed by atoms with Crippen molar-refractivity contribution < 1.29 is 8.78 Å². The molecule has 1 fully saturated rings. The highest BCUT2D eigenvalue weighted by Crippen LogP contribution is 2.17. The van der Waals surface area contributed by atoms with Gasteiger partial charge in [-0.25, -0.2) is 8.78 Å². The second-order valence-electron chi connectivity index (χ2n) is 6.15. The molecular formula is C19H22F2N2S. The molecule has 2 aromatic carbocycles. The van der Waals surface area contributed by atoms with Crippen LogP contribution in [0.2, 0.25) is 0 Å². The summed E-state index contributed by atoms with van der Waals surface area (Å²) in [7, 11) is 0. The molecule has 0 aromatic heterocycles. The van der Waals surface area contributed by atoms with Gasteiger partial charge in [0.05, 0.1) is 0 Å². The smallest absolute Gasteiger partial charge is 0.159 e. The molecule has 2 aromatic rings. The standard InChI is InChI=1S/C19H22F2N2S/c1-24-17-5-2-15(3-6-17)13-22-8-10-23(11-9-22)14-16-4-7-18(20)19(21)12-16/h2-7,12H,8-11,13-14H2,1H3. The van der Waals surface area contributed by atoms with E-state index >= 15 is 0 Å². The zero-order valence-corrected chi connectivity index (χ0v) is 14.7. The Hall–Kier alpha value is -1.43. The molecule has 2 nitrogen and oxygen atoms in total. The van der Waals surface area contributed by atoms with E-state index in [2.05, 4.69) is 40.3 Å². The minimum atomic E-state index is -0.781. The van der Waals surface area contributed by atoms with Crippen molar-refractivity contribution in [3.63, 3.8) is 0 Å². The van der Waals surface area contributed by atoms with Crippen LogP contribution in [0.3, 0.4) is 0 Å². The predicted octanol–water partition coefficient (Wildman–Crippen LogP) is 4.00. The van der Waals surface area contributed by atoms with Crippen molar-refractivity contribution in [3.05, 3.63) is 65.2 Å². The average molecular weight is 348 g/mol. The monoisotopic (exact) mass is 348 g/mol. The Kier molecular flexibility index (Phi) is 5.87. The molecule has 128 valence electrons. The van der Waals surface area contributed by atoms with Gasteiger partial charge in [-0.3, -0.25) is 9.80 Å². The van der Waals surface area contributed by atoms with E-state index < -0.39 is 11.6 Å². The lowest BCUT2D eigenvalue weighted by atomic mass is 10.1. The van der Waals surface area contributed by atoms with Gasteiger partial charge in [-0.05, 0) is 41.6 Å². The van der Waals surface area contributed by atoms with E-state index in [-0.39, 0.29) is 0 Å². The highest BCUT2D eigenvalue weighted by Gasteiger charge is 2.17. The van der Waals surface area contributed by atoms with Crippen molar-refractivity contribution in [1.82, 2.24) is 9.80 Å². The number of hydrogen-bond acceptors (Lipinski definition) is 3. The van der Waals surface area contributed by atoms with Gasteiger partial charge < -0.3 is 0 Å². The van der Waals surface area contributed by atoms with E-state index in [0.717, 1.165) is 38.3 Å². The van der Waals surface area contributed by atoms with Gasteiger partial charge in [0.1, 0.15) is 0 Å². The number of piperazine rings is 1. The summed E-state index contributed by atoms with van der Waals surface area (Å²) in [6.07, 6.45) is 2.08. The van der Waals surface area contributed by atoms with Crippen molar-refractivity contribution in [2.75, 3.05) is 32.4 Å². The van der Waals surface area contributed by atoms with Crippen LogP contribution in [0.25, 0.3) is 0 Å². The Bertz CT molecular complexity index is 668. The molecule has 0 saturated carbocycles. The molecule has 0 N–H and O–H groups in total. The zero-order chi connectivity index (χ0) is 16.9. The van der Waals surface area contributed by atoms with Crippen LogP contribution in [-0.4, -0.2) is 42.2 Å². The fourth-order valence-corrected chi connectivity index (χ4v) is 3.40. The third-order valence-corrected chi connectivity index (χ3v) is 5.16. The lowest BCUT2D eigenvalue weighted by Crippen LogP contribution is -2.45. The topological polar surface area (TPSA) is 6.48 Å². The molecule has 0 spiro atoms. The number of halogens is 2. The van der Waals surface area contributed by atoms with Crippen LogP contribution < -0.4 is 0 Å². The second-order valence-corrected chi connectivity index (χ2v) is 7.03. The zero-order valence-electron chi connectivity index (χ0n) is 13.8. The summed E-state index contributed by atoms with van der Waals surface area (Å²) in [5, 5.41) is 0. The first-order chi connectivity index (χ1) is 11.6. The Balaban J connectivity index is 1.49. The largest absolute Gasteiger partial charge is 0.297 e. The Morgan fingerprint density at radius 2 is 1.33 bits per heavy atom. The van der Waals surface area contributed by atoms with Gasteiger partial charge in [0.25, 0.3) is 0 Å². The highest BCUT2D eigenvalue weighted by molar-refractivity contribution is 7.98. The van der Waals surface area contributed by atoms with Crippen LogP contribution in [0, 0.1) is 11.6 Å². The summed E-state index contributed by atoms with van der Waals surface area (Å²) in [6.45, 7) is 5.52. The van der Waals surface area contributed by atoms with Gasteiger partial charge in [-0.1, -0.05) is 18.2 Å². The van der Waals surface area contributed by atoms with E-state index in [4.69, 9.17) is 0 Å². The summed E-state index contributed by atoms with van der Waals surface area (Å²) in [4.78, 5) is 6.02. The maximum absolute atomic E-state index is 13.3. The predicted molar refractivity (Wildman–Crippen MR) is 95.1 cm³/mol. The first-order valence-electron chi connectivity index (χ1n) is 8.15. The molecule has 0 atom stereocenters. The fourth-order valence-electron chi connectivity index (χ4n) is 2.99. The molecule has 0 aliphatic carbocycles. The van der Waals surface area contributed by atoms with Gasteiger partial charge >= 0.3 is 0 Å². The Morgan fingerprint density at radius 1 is 0.792 bits per heavy atom. The molecule has 24 heavy (non-hydrogen) atoms. The van der Waals surface area contributed by atoms with Gasteiger partial charge in [-0.2, -0.15) is 0 Å². The summed E-state index contributed by atoms with van der Waals surface area (Å²) in [6, 6.07) is 12.9. The number of nitrogens with zero attached hydrogens (tertiary/aromatic N) is 2. The summed E-state index contributed by atoms with van der Waals surface area (Å²) in [5.74, 6) is -1.55. The van der Waals surface area contributed by atoms with Gasteiger partial charge in [-0.15, -0.1) is 11.8 Å². The molecule has 0 amide bonds. The minimum Gasteiger partial charge on any atom is -0.297 e. The van der Waals surface area contributed by atoms with E-state index in [0.29, 0.717) is 6.54 Å². The molecule has 5 heteroatoms. The number of rotatable bonds is 5. The fraction of sp³-hybridized carbons (Fsp3) is 0.368. The van der Waals surface area contributed by atoms with E-state index in [1.54, 1.807) is 17.8 Å². The van der Waals surface area contributed by atoms with E-state index in [1.165, 1.54) is 22.6 Å². The maximum atomic E-state index is 13.3. The quantitative estimate of drug-likeness (QED) is 0.754. The second kappa shape index (κ2) is 8.10. The molecule has 1 aliphatic rings. The third kappa shape index (κ3) is 4.56. The minimum absolute atomic E-state index is 0.674. The van der Waals surface area contributed by atoms with Crippen molar-refractivity contribution in [1.29, 1.82) is 0 Å². The summed E-state index contributed by atoms with van der Waals surface area (Å²) in [5.41, 5.74) is 2.16. The summed E-state index contributed by atoms with van der Waals surface area (Å²) < 4.78 is 26.3. The van der Waals surface area contributed by atoms with Crippen LogP contribution in [0.15, 0.2) is 47.4 Å². The summed E-state index contributed by atoms with van der Waals surface area (Å²) >= 11 is 1.76. The Labute approximate surface area is 146 Å². The molecular weight excluding hydrogens is 326 g/mol. The first-order valence-corrected chi connectivity index (χ1v) is 9.38. The van der Waals surface area contributed by atoms with Crippen molar-refractivity contribution in [2.24, 2.45) is 0 Å². The van der Waals surface area contributed by atoms with Crippen LogP contribution in [0.1, 0.15) is 11.1 Å². The molecule has 1 saturated heterocycles. The molecule has 1 heterocycles. The first kappa shape index (κ1) is 17.4. The van der Waals surface area contributed by atoms with Crippen LogP contribution in [0.5, 0.6) is 0 Å². The van der Waals surface area contributed by atoms with E-state index in [1.807, 2.05) is 0 Å². The van der Waals surface area contributed by atoms with Gasteiger partial charge in [0.2, 0.25) is 0 Å². The maximum Gasteiger partial charge on any atom is 0.159 e. The molecule has 0 radical (unpaired) electrons. The van der Waals surface area contributed by atoms with Crippen LogP contribution >= 0.6 is 11.8 Å². The van der Waals surface area contributed by atoms with Crippen LogP contribution in [0.4, 0.5) is 8.78 Å². The van der Waals surface area contributed by atoms with Crippen molar-refractivity contribution in [2.45, 2.75) is 18.0 Å². The van der Waals surface area contributed by atoms with Gasteiger partial charge in [0, 0.05) is 44.2 Å². The molecule has 0 bridgehead atoms. The lowest BCUT2D eigenvalue weighted by molar-refractivity contribution is 0.122. The van der Waals surface area contributed by atoms with Gasteiger partial charge in [0.15, 0.2) is 11.6 Å². The van der Waals surface area contributed by atoms with Crippen LogP contribution in [-0.2, 0) is 13.1 Å². The number of hydrogen-bond donors (Lipinski definition) is 0. The number of benzene rings is 2. The number of thioether (sulfide) groups is 1. The highest BCUT2D eigenvalue weighted by atomic mass is 32.2. The van der Waals surface area contributed by atoms with Crippen molar-refractivity contribution in [3.8, 4) is 0 Å². The van der Waals surface area contributed by atoms with E-state index in [9.17, 15) is 8.78 Å².